The molecule has 1 aromatic carbocycles. The fourth-order valence-corrected chi connectivity index (χ4v) is 2.99. The van der Waals surface area contributed by atoms with Crippen molar-refractivity contribution in [2.45, 2.75) is 19.5 Å². The van der Waals surface area contributed by atoms with E-state index in [4.69, 9.17) is 4.74 Å². The molecule has 2 heterocycles. The highest BCUT2D eigenvalue weighted by molar-refractivity contribution is 5.79. The summed E-state index contributed by atoms with van der Waals surface area (Å²) in [5.74, 6) is -0.793. The van der Waals surface area contributed by atoms with Crippen molar-refractivity contribution in [2.24, 2.45) is 14.1 Å². The fourth-order valence-electron chi connectivity index (χ4n) is 2.99. The molecular formula is C18H20FN5O4. The highest BCUT2D eigenvalue weighted by atomic mass is 19.1. The molecule has 0 aliphatic heterocycles. The minimum absolute atomic E-state index is 0.119. The van der Waals surface area contributed by atoms with Gasteiger partial charge in [-0.2, -0.15) is 0 Å². The van der Waals surface area contributed by atoms with Crippen molar-refractivity contribution in [3.8, 4) is 5.75 Å². The second kappa shape index (κ2) is 7.29. The predicted octanol–water partition coefficient (Wildman–Crippen LogP) is 0.459. The molecule has 0 saturated heterocycles. The molecule has 2 aromatic heterocycles. The van der Waals surface area contributed by atoms with Crippen LogP contribution in [0.15, 0.2) is 34.1 Å². The third-order valence-corrected chi connectivity index (χ3v) is 4.58. The monoisotopic (exact) mass is 389 g/mol. The molecule has 10 heteroatoms. The first-order valence-corrected chi connectivity index (χ1v) is 8.48. The summed E-state index contributed by atoms with van der Waals surface area (Å²) in [5.41, 5.74) is -0.106. The number of nitrogens with zero attached hydrogens (tertiary/aromatic N) is 4. The molecule has 0 aliphatic rings. The molecule has 0 fully saturated rings. The Labute approximate surface area is 159 Å². The van der Waals surface area contributed by atoms with Crippen LogP contribution in [-0.2, 0) is 25.4 Å². The Morgan fingerprint density at radius 2 is 2.00 bits per heavy atom. The highest BCUT2D eigenvalue weighted by Gasteiger charge is 2.17. The van der Waals surface area contributed by atoms with Crippen LogP contribution in [0, 0.1) is 5.82 Å². The number of methoxy groups -OCH3 is 1. The van der Waals surface area contributed by atoms with Gasteiger partial charge in [0, 0.05) is 14.1 Å². The number of ether oxygens (including phenoxy) is 1. The number of amides is 1. The van der Waals surface area contributed by atoms with E-state index >= 15 is 0 Å². The standard InChI is InChI=1S/C18H20FN5O4/c1-10(11-5-6-13(28-4)12(19)7-11)21-14(25)8-24-9-20-16-15(24)17(26)23(3)18(27)22(16)2/h5-7,9-10H,8H2,1-4H3,(H,21,25). The summed E-state index contributed by atoms with van der Waals surface area (Å²) in [5, 5.41) is 2.75. The molecule has 0 bridgehead atoms. The van der Waals surface area contributed by atoms with E-state index in [1.54, 1.807) is 13.0 Å². The van der Waals surface area contributed by atoms with E-state index < -0.39 is 23.1 Å². The third kappa shape index (κ3) is 3.28. The van der Waals surface area contributed by atoms with Gasteiger partial charge >= 0.3 is 5.69 Å². The summed E-state index contributed by atoms with van der Waals surface area (Å²) < 4.78 is 22.3. The maximum atomic E-state index is 13.9. The molecule has 0 aliphatic carbocycles. The molecule has 3 rings (SSSR count). The van der Waals surface area contributed by atoms with Gasteiger partial charge in [0.15, 0.2) is 22.7 Å². The van der Waals surface area contributed by atoms with Crippen molar-refractivity contribution in [3.63, 3.8) is 0 Å². The van der Waals surface area contributed by atoms with Crippen molar-refractivity contribution in [3.05, 3.63) is 56.7 Å². The van der Waals surface area contributed by atoms with E-state index in [9.17, 15) is 18.8 Å². The summed E-state index contributed by atoms with van der Waals surface area (Å²) in [6.45, 7) is 1.54. The average molecular weight is 389 g/mol. The zero-order chi connectivity index (χ0) is 20.6. The quantitative estimate of drug-likeness (QED) is 0.683. The summed E-state index contributed by atoms with van der Waals surface area (Å²) in [6, 6.07) is 3.98. The lowest BCUT2D eigenvalue weighted by Gasteiger charge is -2.15. The first-order valence-electron chi connectivity index (χ1n) is 8.48. The Hall–Kier alpha value is -3.43. The molecule has 148 valence electrons. The second-order valence-corrected chi connectivity index (χ2v) is 6.43. The number of fused-ring (bicyclic) bond motifs is 1. The zero-order valence-electron chi connectivity index (χ0n) is 15.9. The van der Waals surface area contributed by atoms with Crippen LogP contribution >= 0.6 is 0 Å². The molecule has 9 nitrogen and oxygen atoms in total. The zero-order valence-corrected chi connectivity index (χ0v) is 15.9. The number of carbonyl (C=O) groups excluding carboxylic acids is 1. The Kier molecular flexibility index (Phi) is 5.04. The van der Waals surface area contributed by atoms with Crippen LogP contribution in [0.4, 0.5) is 4.39 Å². The summed E-state index contributed by atoms with van der Waals surface area (Å²) in [4.78, 5) is 40.9. The Bertz CT molecular complexity index is 1180. The fraction of sp³-hybridized carbons (Fsp3) is 0.333. The minimum Gasteiger partial charge on any atom is -0.494 e. The largest absolute Gasteiger partial charge is 0.494 e. The number of aromatic nitrogens is 4. The van der Waals surface area contributed by atoms with Gasteiger partial charge in [0.2, 0.25) is 5.91 Å². The number of nitrogens with one attached hydrogen (secondary N) is 1. The van der Waals surface area contributed by atoms with Gasteiger partial charge in [-0.15, -0.1) is 0 Å². The lowest BCUT2D eigenvalue weighted by Crippen LogP contribution is -2.38. The number of hydrogen-bond donors (Lipinski definition) is 1. The van der Waals surface area contributed by atoms with Crippen molar-refractivity contribution < 1.29 is 13.9 Å². The maximum absolute atomic E-state index is 13.9. The normalized spacial score (nSPS) is 12.2. The van der Waals surface area contributed by atoms with Crippen LogP contribution in [0.2, 0.25) is 0 Å². The molecule has 28 heavy (non-hydrogen) atoms. The van der Waals surface area contributed by atoms with Gasteiger partial charge in [0.1, 0.15) is 6.54 Å². The number of aryl methyl sites for hydroxylation is 1. The van der Waals surface area contributed by atoms with Crippen LogP contribution in [-0.4, -0.2) is 31.7 Å². The average Bonchev–Trinajstić information content (AvgIpc) is 3.08. The van der Waals surface area contributed by atoms with Crippen LogP contribution in [0.25, 0.3) is 11.2 Å². The molecule has 0 radical (unpaired) electrons. The molecular weight excluding hydrogens is 369 g/mol. The summed E-state index contributed by atoms with van der Waals surface area (Å²) in [6.07, 6.45) is 1.34. The first kappa shape index (κ1) is 19.3. The molecule has 1 N–H and O–H groups in total. The topological polar surface area (TPSA) is 100 Å². The highest BCUT2D eigenvalue weighted by Crippen LogP contribution is 2.21. The number of carbonyl (C=O) groups is 1. The second-order valence-electron chi connectivity index (χ2n) is 6.43. The van der Waals surface area contributed by atoms with Crippen molar-refractivity contribution in [1.29, 1.82) is 0 Å². The van der Waals surface area contributed by atoms with Crippen LogP contribution in [0.1, 0.15) is 18.5 Å². The SMILES string of the molecule is COc1ccc(C(C)NC(=O)Cn2cnc3c2c(=O)n(C)c(=O)n3C)cc1F. The van der Waals surface area contributed by atoms with E-state index in [-0.39, 0.29) is 29.4 Å². The number of rotatable bonds is 5. The summed E-state index contributed by atoms with van der Waals surface area (Å²) in [7, 11) is 4.24. The van der Waals surface area contributed by atoms with E-state index in [0.717, 1.165) is 4.57 Å². The van der Waals surface area contributed by atoms with Gasteiger partial charge < -0.3 is 14.6 Å². The van der Waals surface area contributed by atoms with E-state index in [0.29, 0.717) is 5.56 Å². The smallest absolute Gasteiger partial charge is 0.332 e. The van der Waals surface area contributed by atoms with Crippen LogP contribution < -0.4 is 21.3 Å². The Balaban J connectivity index is 1.83. The van der Waals surface area contributed by atoms with Gasteiger partial charge in [0.05, 0.1) is 19.5 Å². The van der Waals surface area contributed by atoms with Crippen molar-refractivity contribution in [1.82, 2.24) is 24.0 Å². The molecule has 3 aromatic rings. The van der Waals surface area contributed by atoms with Gasteiger partial charge in [-0.1, -0.05) is 6.07 Å². The van der Waals surface area contributed by atoms with Gasteiger partial charge in [0.25, 0.3) is 5.56 Å². The van der Waals surface area contributed by atoms with Gasteiger partial charge in [-0.25, -0.2) is 14.2 Å². The lowest BCUT2D eigenvalue weighted by atomic mass is 10.1. The minimum atomic E-state index is -0.534. The van der Waals surface area contributed by atoms with Crippen molar-refractivity contribution in [2.75, 3.05) is 7.11 Å². The third-order valence-electron chi connectivity index (χ3n) is 4.58. The van der Waals surface area contributed by atoms with Crippen LogP contribution in [0.3, 0.4) is 0 Å². The molecule has 1 atom stereocenters. The molecule has 0 saturated carbocycles. The van der Waals surface area contributed by atoms with Gasteiger partial charge in [-0.05, 0) is 24.6 Å². The van der Waals surface area contributed by atoms with Crippen LogP contribution in [0.5, 0.6) is 5.75 Å². The number of imidazole rings is 1. The van der Waals surface area contributed by atoms with E-state index in [1.807, 2.05) is 0 Å². The number of halogens is 1. The molecule has 1 amide bonds. The number of benzene rings is 1. The predicted molar refractivity (Wildman–Crippen MR) is 99.7 cm³/mol. The number of hydrogen-bond acceptors (Lipinski definition) is 5. The molecule has 1 unspecified atom stereocenters. The lowest BCUT2D eigenvalue weighted by molar-refractivity contribution is -0.122. The van der Waals surface area contributed by atoms with Crippen molar-refractivity contribution >= 4 is 17.1 Å². The van der Waals surface area contributed by atoms with Gasteiger partial charge in [-0.3, -0.25) is 18.7 Å². The molecule has 0 spiro atoms. The van der Waals surface area contributed by atoms with E-state index in [2.05, 4.69) is 10.3 Å². The van der Waals surface area contributed by atoms with E-state index in [1.165, 1.54) is 48.8 Å². The Morgan fingerprint density at radius 1 is 1.29 bits per heavy atom. The summed E-state index contributed by atoms with van der Waals surface area (Å²) >= 11 is 0. The Morgan fingerprint density at radius 3 is 2.64 bits per heavy atom. The first-order chi connectivity index (χ1) is 13.2. The maximum Gasteiger partial charge on any atom is 0.332 e.